The van der Waals surface area contributed by atoms with Gasteiger partial charge in [0.2, 0.25) is 0 Å². The molecular formula is C8H4Cl2F4O. The van der Waals surface area contributed by atoms with Crippen molar-refractivity contribution >= 4 is 23.2 Å². The van der Waals surface area contributed by atoms with Crippen LogP contribution in [-0.2, 0) is 0 Å². The number of halogens is 6. The van der Waals surface area contributed by atoms with Crippen molar-refractivity contribution in [3.8, 4) is 5.75 Å². The normalized spacial score (nSPS) is 11.2. The van der Waals surface area contributed by atoms with Gasteiger partial charge in [0.25, 0.3) is 6.43 Å². The van der Waals surface area contributed by atoms with Crippen molar-refractivity contribution in [2.24, 2.45) is 0 Å². The highest BCUT2D eigenvalue weighted by molar-refractivity contribution is 6.34. The number of ether oxygens (including phenoxy) is 1. The molecule has 0 N–H and O–H groups in total. The van der Waals surface area contributed by atoms with Gasteiger partial charge in [-0.05, 0) is 6.07 Å². The Labute approximate surface area is 92.5 Å². The molecule has 0 amide bonds. The second-order valence-electron chi connectivity index (χ2n) is 2.48. The van der Waals surface area contributed by atoms with Crippen LogP contribution >= 0.6 is 23.2 Å². The lowest BCUT2D eigenvalue weighted by molar-refractivity contribution is -0.0497. The molecule has 7 heteroatoms. The van der Waals surface area contributed by atoms with Crippen molar-refractivity contribution in [2.75, 3.05) is 0 Å². The van der Waals surface area contributed by atoms with E-state index in [-0.39, 0.29) is 10.0 Å². The third-order valence-corrected chi connectivity index (χ3v) is 2.13. The summed E-state index contributed by atoms with van der Waals surface area (Å²) >= 11 is 10.9. The molecule has 0 unspecified atom stereocenters. The summed E-state index contributed by atoms with van der Waals surface area (Å²) < 4.78 is 52.1. The van der Waals surface area contributed by atoms with Crippen molar-refractivity contribution in [3.05, 3.63) is 27.7 Å². The van der Waals surface area contributed by atoms with Gasteiger partial charge in [0.15, 0.2) is 0 Å². The summed E-state index contributed by atoms with van der Waals surface area (Å²) in [5.41, 5.74) is -0.525. The first-order chi connectivity index (χ1) is 6.91. The van der Waals surface area contributed by atoms with Crippen LogP contribution in [0.1, 0.15) is 12.0 Å². The van der Waals surface area contributed by atoms with Gasteiger partial charge in [-0.1, -0.05) is 23.2 Å². The van der Waals surface area contributed by atoms with E-state index in [1.54, 1.807) is 0 Å². The minimum Gasteiger partial charge on any atom is -0.433 e. The minimum absolute atomic E-state index is 0.338. The van der Waals surface area contributed by atoms with Gasteiger partial charge in [-0.2, -0.15) is 8.78 Å². The Morgan fingerprint density at radius 3 is 2.07 bits per heavy atom. The van der Waals surface area contributed by atoms with E-state index < -0.39 is 24.3 Å². The van der Waals surface area contributed by atoms with Gasteiger partial charge >= 0.3 is 6.61 Å². The molecule has 0 bridgehead atoms. The molecule has 0 atom stereocenters. The molecule has 1 aromatic carbocycles. The van der Waals surface area contributed by atoms with Crippen LogP contribution in [0.25, 0.3) is 0 Å². The molecule has 0 aliphatic rings. The highest BCUT2D eigenvalue weighted by Gasteiger charge is 2.17. The van der Waals surface area contributed by atoms with E-state index in [9.17, 15) is 17.6 Å². The topological polar surface area (TPSA) is 9.23 Å². The van der Waals surface area contributed by atoms with Crippen LogP contribution in [0.5, 0.6) is 5.75 Å². The number of rotatable bonds is 3. The number of hydrogen-bond acceptors (Lipinski definition) is 1. The molecule has 0 saturated carbocycles. The zero-order valence-electron chi connectivity index (χ0n) is 6.99. The average molecular weight is 263 g/mol. The zero-order chi connectivity index (χ0) is 11.6. The minimum atomic E-state index is -3.09. The fourth-order valence-corrected chi connectivity index (χ4v) is 1.35. The first-order valence-electron chi connectivity index (χ1n) is 3.63. The molecule has 0 fully saturated rings. The Morgan fingerprint density at radius 1 is 1.00 bits per heavy atom. The lowest BCUT2D eigenvalue weighted by Crippen LogP contribution is -2.03. The summed E-state index contributed by atoms with van der Waals surface area (Å²) in [4.78, 5) is 0. The van der Waals surface area contributed by atoms with Crippen LogP contribution in [0.3, 0.4) is 0 Å². The molecule has 15 heavy (non-hydrogen) atoms. The highest BCUT2D eigenvalue weighted by Crippen LogP contribution is 2.36. The molecule has 1 aromatic rings. The summed E-state index contributed by atoms with van der Waals surface area (Å²) in [5.74, 6) is -0.430. The van der Waals surface area contributed by atoms with Crippen LogP contribution in [-0.4, -0.2) is 6.61 Å². The largest absolute Gasteiger partial charge is 0.433 e. The van der Waals surface area contributed by atoms with Crippen molar-refractivity contribution in [3.63, 3.8) is 0 Å². The van der Waals surface area contributed by atoms with E-state index in [2.05, 4.69) is 4.74 Å². The number of benzene rings is 1. The SMILES string of the molecule is FC(F)Oc1cc(Cl)c(C(F)F)cc1Cl. The Bertz CT molecular complexity index is 357. The summed E-state index contributed by atoms with van der Waals surface area (Å²) in [5, 5.41) is -0.708. The standard InChI is InChI=1S/C8H4Cl2F4O/c9-4-2-6(15-8(13)14)5(10)1-3(4)7(11)12/h1-2,7-8H. The highest BCUT2D eigenvalue weighted by atomic mass is 35.5. The first-order valence-corrected chi connectivity index (χ1v) is 4.39. The third kappa shape index (κ3) is 3.14. The van der Waals surface area contributed by atoms with Gasteiger partial charge in [0.1, 0.15) is 5.75 Å². The zero-order valence-corrected chi connectivity index (χ0v) is 8.50. The van der Waals surface area contributed by atoms with Gasteiger partial charge in [-0.25, -0.2) is 8.78 Å². The molecule has 1 nitrogen and oxygen atoms in total. The molecule has 0 aliphatic carbocycles. The van der Waals surface area contributed by atoms with E-state index >= 15 is 0 Å². The summed E-state index contributed by atoms with van der Waals surface area (Å²) in [6, 6.07) is 1.63. The van der Waals surface area contributed by atoms with Gasteiger partial charge in [-0.3, -0.25) is 0 Å². The van der Waals surface area contributed by atoms with Crippen LogP contribution in [0.4, 0.5) is 17.6 Å². The quantitative estimate of drug-likeness (QED) is 0.728. The summed E-state index contributed by atoms with van der Waals surface area (Å²) in [6.07, 6.45) is -2.82. The predicted molar refractivity (Wildman–Crippen MR) is 48.1 cm³/mol. The molecule has 84 valence electrons. The molecule has 0 spiro atoms. The fraction of sp³-hybridized carbons (Fsp3) is 0.250. The summed E-state index contributed by atoms with van der Waals surface area (Å²) in [6.45, 7) is -3.09. The Hall–Kier alpha value is -0.680. The lowest BCUT2D eigenvalue weighted by atomic mass is 10.2. The third-order valence-electron chi connectivity index (χ3n) is 1.50. The monoisotopic (exact) mass is 262 g/mol. The maximum Gasteiger partial charge on any atom is 0.387 e. The maximum absolute atomic E-state index is 12.3. The predicted octanol–water partition coefficient (Wildman–Crippen LogP) is 4.53. The van der Waals surface area contributed by atoms with E-state index in [1.807, 2.05) is 0 Å². The molecule has 0 heterocycles. The molecular weight excluding hydrogens is 259 g/mol. The van der Waals surface area contributed by atoms with Crippen molar-refractivity contribution in [1.29, 1.82) is 0 Å². The molecule has 0 saturated heterocycles. The fourth-order valence-electron chi connectivity index (χ4n) is 0.897. The van der Waals surface area contributed by atoms with Crippen LogP contribution in [0, 0.1) is 0 Å². The van der Waals surface area contributed by atoms with Gasteiger partial charge in [-0.15, -0.1) is 0 Å². The van der Waals surface area contributed by atoms with Crippen molar-refractivity contribution in [1.82, 2.24) is 0 Å². The van der Waals surface area contributed by atoms with Gasteiger partial charge in [0, 0.05) is 11.6 Å². The first kappa shape index (κ1) is 12.4. The van der Waals surface area contributed by atoms with E-state index in [0.29, 0.717) is 0 Å². The average Bonchev–Trinajstić information content (AvgIpc) is 2.09. The second kappa shape index (κ2) is 4.90. The maximum atomic E-state index is 12.3. The molecule has 1 rings (SSSR count). The smallest absolute Gasteiger partial charge is 0.387 e. The van der Waals surface area contributed by atoms with Gasteiger partial charge < -0.3 is 4.74 Å². The van der Waals surface area contributed by atoms with Crippen LogP contribution in [0.15, 0.2) is 12.1 Å². The molecule has 0 aliphatic heterocycles. The van der Waals surface area contributed by atoms with Crippen molar-refractivity contribution in [2.45, 2.75) is 13.0 Å². The number of alkyl halides is 4. The van der Waals surface area contributed by atoms with E-state index in [0.717, 1.165) is 12.1 Å². The second-order valence-corrected chi connectivity index (χ2v) is 3.30. The Balaban J connectivity index is 3.08. The van der Waals surface area contributed by atoms with Crippen LogP contribution in [0.2, 0.25) is 10.0 Å². The number of hydrogen-bond donors (Lipinski definition) is 0. The van der Waals surface area contributed by atoms with Gasteiger partial charge in [0.05, 0.1) is 10.0 Å². The summed E-state index contributed by atoms with van der Waals surface area (Å²) in [7, 11) is 0. The van der Waals surface area contributed by atoms with E-state index in [4.69, 9.17) is 23.2 Å². The van der Waals surface area contributed by atoms with Crippen LogP contribution < -0.4 is 4.74 Å². The Kier molecular flexibility index (Phi) is 4.04. The lowest BCUT2D eigenvalue weighted by Gasteiger charge is -2.09. The van der Waals surface area contributed by atoms with Crippen molar-refractivity contribution < 1.29 is 22.3 Å². The van der Waals surface area contributed by atoms with E-state index in [1.165, 1.54) is 0 Å². The molecule has 0 aromatic heterocycles. The molecule has 0 radical (unpaired) electrons. The Morgan fingerprint density at radius 2 is 1.60 bits per heavy atom.